The van der Waals surface area contributed by atoms with Gasteiger partial charge in [0.1, 0.15) is 6.04 Å². The van der Waals surface area contributed by atoms with Crippen LogP contribution in [0.2, 0.25) is 0 Å². The molecule has 7 heteroatoms. The van der Waals surface area contributed by atoms with E-state index in [4.69, 9.17) is 14.2 Å². The molecule has 1 aliphatic carbocycles. The van der Waals surface area contributed by atoms with Gasteiger partial charge in [-0.2, -0.15) is 0 Å². The van der Waals surface area contributed by atoms with Crippen LogP contribution in [0.1, 0.15) is 44.2 Å². The van der Waals surface area contributed by atoms with Crippen LogP contribution in [0, 0.1) is 5.92 Å². The van der Waals surface area contributed by atoms with E-state index in [1.165, 1.54) is 0 Å². The van der Waals surface area contributed by atoms with Crippen molar-refractivity contribution in [3.63, 3.8) is 0 Å². The maximum atomic E-state index is 12.8. The normalized spacial score (nSPS) is 20.1. The smallest absolute Gasteiger partial charge is 0.243 e. The highest BCUT2D eigenvalue weighted by Gasteiger charge is 2.41. The lowest BCUT2D eigenvalue weighted by atomic mass is 10.1. The van der Waals surface area contributed by atoms with Crippen molar-refractivity contribution >= 4 is 11.8 Å². The van der Waals surface area contributed by atoms with Gasteiger partial charge in [-0.3, -0.25) is 9.59 Å². The quantitative estimate of drug-likeness (QED) is 0.790. The summed E-state index contributed by atoms with van der Waals surface area (Å²) in [7, 11) is 4.67. The van der Waals surface area contributed by atoms with E-state index in [0.717, 1.165) is 24.8 Å². The van der Waals surface area contributed by atoms with E-state index in [0.29, 0.717) is 30.2 Å². The summed E-state index contributed by atoms with van der Waals surface area (Å²) in [5.74, 6) is 1.75. The lowest BCUT2D eigenvalue weighted by Gasteiger charge is -2.26. The zero-order valence-corrected chi connectivity index (χ0v) is 16.4. The molecule has 1 aromatic rings. The highest BCUT2D eigenvalue weighted by Crippen LogP contribution is 2.40. The molecule has 2 amide bonds. The summed E-state index contributed by atoms with van der Waals surface area (Å²) in [6.45, 7) is 2.58. The predicted octanol–water partition coefficient (Wildman–Crippen LogP) is 2.29. The fraction of sp³-hybridized carbons (Fsp3) is 0.600. The molecule has 1 aromatic carbocycles. The van der Waals surface area contributed by atoms with Crippen LogP contribution < -0.4 is 19.5 Å². The monoisotopic (exact) mass is 376 g/mol. The third kappa shape index (κ3) is 3.96. The molecular weight excluding hydrogens is 348 g/mol. The van der Waals surface area contributed by atoms with Crippen molar-refractivity contribution in [3.8, 4) is 17.2 Å². The van der Waals surface area contributed by atoms with E-state index < -0.39 is 0 Å². The van der Waals surface area contributed by atoms with Crippen molar-refractivity contribution in [2.45, 2.75) is 44.7 Å². The largest absolute Gasteiger partial charge is 0.493 e. The molecule has 2 aliphatic rings. The Bertz CT molecular complexity index is 691. The number of likely N-dealkylation sites (tertiary alicyclic amines) is 1. The second kappa shape index (κ2) is 8.06. The highest BCUT2D eigenvalue weighted by atomic mass is 16.5. The van der Waals surface area contributed by atoms with Gasteiger partial charge in [-0.25, -0.2) is 0 Å². The number of hydrogen-bond acceptors (Lipinski definition) is 5. The lowest BCUT2D eigenvalue weighted by Crippen LogP contribution is -2.47. The number of hydrogen-bond donors (Lipinski definition) is 1. The summed E-state index contributed by atoms with van der Waals surface area (Å²) >= 11 is 0. The number of ether oxygens (including phenoxy) is 3. The molecule has 1 saturated carbocycles. The topological polar surface area (TPSA) is 77.1 Å². The third-order valence-electron chi connectivity index (χ3n) is 5.31. The van der Waals surface area contributed by atoms with Crippen molar-refractivity contribution in [3.05, 3.63) is 17.7 Å². The Balaban J connectivity index is 1.73. The first-order valence-electron chi connectivity index (χ1n) is 9.40. The molecule has 1 saturated heterocycles. The number of carbonyl (C=O) groups excluding carboxylic acids is 2. The van der Waals surface area contributed by atoms with E-state index in [1.807, 2.05) is 19.1 Å². The Kier molecular flexibility index (Phi) is 5.77. The number of carbonyl (C=O) groups is 2. The first kappa shape index (κ1) is 19.3. The molecule has 1 aliphatic heterocycles. The predicted molar refractivity (Wildman–Crippen MR) is 100 cm³/mol. The average molecular weight is 376 g/mol. The second-order valence-electron chi connectivity index (χ2n) is 7.15. The number of rotatable bonds is 7. The summed E-state index contributed by atoms with van der Waals surface area (Å²) in [5, 5.41) is 3.04. The minimum atomic E-state index is -0.373. The zero-order valence-electron chi connectivity index (χ0n) is 16.4. The van der Waals surface area contributed by atoms with Crippen molar-refractivity contribution in [1.82, 2.24) is 10.2 Å². The molecule has 27 heavy (non-hydrogen) atoms. The molecule has 0 radical (unpaired) electrons. The molecular formula is C20H28N2O5. The molecule has 2 fully saturated rings. The Labute approximate surface area is 160 Å². The van der Waals surface area contributed by atoms with Gasteiger partial charge in [-0.15, -0.1) is 0 Å². The van der Waals surface area contributed by atoms with Crippen molar-refractivity contribution in [1.29, 1.82) is 0 Å². The van der Waals surface area contributed by atoms with Crippen molar-refractivity contribution in [2.24, 2.45) is 5.92 Å². The summed E-state index contributed by atoms with van der Waals surface area (Å²) < 4.78 is 16.1. The maximum absolute atomic E-state index is 12.8. The van der Waals surface area contributed by atoms with E-state index in [2.05, 4.69) is 5.32 Å². The van der Waals surface area contributed by atoms with Crippen LogP contribution in [-0.2, 0) is 9.59 Å². The molecule has 2 unspecified atom stereocenters. The van der Waals surface area contributed by atoms with Crippen LogP contribution in [-0.4, -0.2) is 50.6 Å². The van der Waals surface area contributed by atoms with Gasteiger partial charge in [-0.05, 0) is 50.3 Å². The number of amides is 2. The Morgan fingerprint density at radius 2 is 1.70 bits per heavy atom. The van der Waals surface area contributed by atoms with Crippen LogP contribution in [0.25, 0.3) is 0 Å². The van der Waals surface area contributed by atoms with Gasteiger partial charge in [0, 0.05) is 12.5 Å². The molecule has 2 atom stereocenters. The summed E-state index contributed by atoms with van der Waals surface area (Å²) in [4.78, 5) is 27.0. The molecule has 0 bridgehead atoms. The Morgan fingerprint density at radius 3 is 2.22 bits per heavy atom. The Morgan fingerprint density at radius 1 is 1.07 bits per heavy atom. The van der Waals surface area contributed by atoms with Crippen molar-refractivity contribution in [2.75, 3.05) is 27.9 Å². The standard InChI is InChI=1S/C20H28N2O5/c1-12(14-10-16(25-2)18(27-4)17(11-14)26-3)21-19(23)15-6-5-9-22(15)20(24)13-7-8-13/h10-13,15H,5-9H2,1-4H3,(H,21,23). The summed E-state index contributed by atoms with van der Waals surface area (Å²) in [5.41, 5.74) is 0.843. The lowest BCUT2D eigenvalue weighted by molar-refractivity contribution is -0.139. The Hall–Kier alpha value is -2.44. The van der Waals surface area contributed by atoms with E-state index >= 15 is 0 Å². The number of nitrogens with zero attached hydrogens (tertiary/aromatic N) is 1. The maximum Gasteiger partial charge on any atom is 0.243 e. The summed E-state index contributed by atoms with van der Waals surface area (Å²) in [6.07, 6.45) is 3.48. The van der Waals surface area contributed by atoms with Crippen LogP contribution in [0.5, 0.6) is 17.2 Å². The van der Waals surface area contributed by atoms with Crippen LogP contribution in [0.3, 0.4) is 0 Å². The van der Waals surface area contributed by atoms with Gasteiger partial charge in [0.15, 0.2) is 11.5 Å². The molecule has 1 N–H and O–H groups in total. The zero-order chi connectivity index (χ0) is 19.6. The molecule has 7 nitrogen and oxygen atoms in total. The second-order valence-corrected chi connectivity index (χ2v) is 7.15. The number of methoxy groups -OCH3 is 3. The fourth-order valence-corrected chi connectivity index (χ4v) is 3.61. The molecule has 3 rings (SSSR count). The SMILES string of the molecule is COc1cc(C(C)NC(=O)C2CCCN2C(=O)C2CC2)cc(OC)c1OC. The van der Waals surface area contributed by atoms with Gasteiger partial charge in [0.25, 0.3) is 0 Å². The molecule has 148 valence electrons. The molecule has 1 heterocycles. The van der Waals surface area contributed by atoms with Gasteiger partial charge >= 0.3 is 0 Å². The average Bonchev–Trinajstić information content (AvgIpc) is 3.41. The van der Waals surface area contributed by atoms with Crippen LogP contribution >= 0.6 is 0 Å². The minimum absolute atomic E-state index is 0.109. The van der Waals surface area contributed by atoms with Crippen LogP contribution in [0.15, 0.2) is 12.1 Å². The number of nitrogens with one attached hydrogen (secondary N) is 1. The van der Waals surface area contributed by atoms with Gasteiger partial charge in [0.05, 0.1) is 27.4 Å². The summed E-state index contributed by atoms with van der Waals surface area (Å²) in [6, 6.07) is 3.02. The molecule has 0 aromatic heterocycles. The van der Waals surface area contributed by atoms with E-state index in [1.54, 1.807) is 26.2 Å². The third-order valence-corrected chi connectivity index (χ3v) is 5.31. The first-order valence-corrected chi connectivity index (χ1v) is 9.40. The minimum Gasteiger partial charge on any atom is -0.493 e. The van der Waals surface area contributed by atoms with Crippen LogP contribution in [0.4, 0.5) is 0 Å². The van der Waals surface area contributed by atoms with Crippen molar-refractivity contribution < 1.29 is 23.8 Å². The number of benzene rings is 1. The van der Waals surface area contributed by atoms with Gasteiger partial charge in [-0.1, -0.05) is 0 Å². The van der Waals surface area contributed by atoms with Gasteiger partial charge < -0.3 is 24.4 Å². The van der Waals surface area contributed by atoms with E-state index in [-0.39, 0.29) is 29.8 Å². The van der Waals surface area contributed by atoms with Gasteiger partial charge in [0.2, 0.25) is 17.6 Å². The highest BCUT2D eigenvalue weighted by molar-refractivity contribution is 5.90. The van der Waals surface area contributed by atoms with E-state index in [9.17, 15) is 9.59 Å². The fourth-order valence-electron chi connectivity index (χ4n) is 3.61. The molecule has 0 spiro atoms. The first-order chi connectivity index (χ1) is 13.0.